The Morgan fingerprint density at radius 1 is 1.08 bits per heavy atom. The van der Waals surface area contributed by atoms with Crippen molar-refractivity contribution >= 4 is 22.5 Å². The molecule has 0 aliphatic carbocycles. The molecule has 0 aliphatic heterocycles. The van der Waals surface area contributed by atoms with Crippen LogP contribution < -0.4 is 10.1 Å². The molecular weight excluding hydrogens is 467 g/mol. The van der Waals surface area contributed by atoms with Gasteiger partial charge in [0.1, 0.15) is 11.8 Å². The number of anilines is 1. The van der Waals surface area contributed by atoms with Crippen LogP contribution in [-0.2, 0) is 11.3 Å². The van der Waals surface area contributed by atoms with Crippen molar-refractivity contribution in [3.05, 3.63) is 83.9 Å². The molecule has 1 N–H and O–H groups in total. The molecule has 3 aromatic carbocycles. The average Bonchev–Trinajstić information content (AvgIpc) is 3.16. The number of hydrogen-bond donors (Lipinski definition) is 1. The third kappa shape index (κ3) is 5.36. The monoisotopic (exact) mass is 491 g/mol. The van der Waals surface area contributed by atoms with Crippen LogP contribution in [0.1, 0.15) is 37.3 Å². The minimum atomic E-state index is -4.81. The maximum atomic E-state index is 12.7. The fourth-order valence-electron chi connectivity index (χ4n) is 4.37. The lowest BCUT2D eigenvalue weighted by Crippen LogP contribution is -2.17. The summed E-state index contributed by atoms with van der Waals surface area (Å²) >= 11 is 0. The Bertz CT molecular complexity index is 1420. The second kappa shape index (κ2) is 10.2. The van der Waals surface area contributed by atoms with E-state index in [4.69, 9.17) is 0 Å². The van der Waals surface area contributed by atoms with Gasteiger partial charge in [-0.15, -0.1) is 13.2 Å². The van der Waals surface area contributed by atoms with E-state index in [0.29, 0.717) is 46.4 Å². The van der Waals surface area contributed by atoms with E-state index in [1.807, 2.05) is 44.2 Å². The summed E-state index contributed by atoms with van der Waals surface area (Å²) < 4.78 is 44.0. The van der Waals surface area contributed by atoms with Crippen molar-refractivity contribution in [3.8, 4) is 23.1 Å². The van der Waals surface area contributed by atoms with Crippen LogP contribution in [0.2, 0.25) is 0 Å². The number of aryl methyl sites for hydroxylation is 1. The lowest BCUT2D eigenvalue weighted by molar-refractivity contribution is -0.274. The van der Waals surface area contributed by atoms with Crippen LogP contribution in [0.25, 0.3) is 22.2 Å². The van der Waals surface area contributed by atoms with E-state index >= 15 is 0 Å². The highest BCUT2D eigenvalue weighted by atomic mass is 19.4. The molecule has 0 radical (unpaired) electrons. The van der Waals surface area contributed by atoms with Crippen LogP contribution in [0.15, 0.2) is 72.8 Å². The predicted molar refractivity (Wildman–Crippen MR) is 133 cm³/mol. The van der Waals surface area contributed by atoms with Gasteiger partial charge in [0.15, 0.2) is 0 Å². The molecule has 1 amide bonds. The highest BCUT2D eigenvalue weighted by molar-refractivity contribution is 5.96. The normalized spacial score (nSPS) is 12.2. The SMILES string of the molecule is CCn1c(-c2ccc(NC(=O)CC(C)c3ccccc3)cc2)c(C#N)c2ccc(OC(F)(F)F)cc21. The van der Waals surface area contributed by atoms with E-state index < -0.39 is 6.36 Å². The Balaban J connectivity index is 1.59. The van der Waals surface area contributed by atoms with Gasteiger partial charge in [-0.2, -0.15) is 5.26 Å². The van der Waals surface area contributed by atoms with Crippen molar-refractivity contribution in [2.45, 2.75) is 39.1 Å². The van der Waals surface area contributed by atoms with Gasteiger partial charge in [0.05, 0.1) is 16.8 Å². The van der Waals surface area contributed by atoms with Gasteiger partial charge in [0.2, 0.25) is 5.91 Å². The number of carbonyl (C=O) groups excluding carboxylic acids is 1. The predicted octanol–water partition coefficient (Wildman–Crippen LogP) is 7.23. The van der Waals surface area contributed by atoms with Gasteiger partial charge < -0.3 is 14.6 Å². The Labute approximate surface area is 206 Å². The first kappa shape index (κ1) is 24.9. The lowest BCUT2D eigenvalue weighted by atomic mass is 9.97. The van der Waals surface area contributed by atoms with Crippen molar-refractivity contribution in [1.82, 2.24) is 4.57 Å². The van der Waals surface area contributed by atoms with Crippen molar-refractivity contribution in [1.29, 1.82) is 5.26 Å². The zero-order valence-corrected chi connectivity index (χ0v) is 19.8. The van der Waals surface area contributed by atoms with Gasteiger partial charge >= 0.3 is 6.36 Å². The number of aromatic nitrogens is 1. The molecule has 4 aromatic rings. The van der Waals surface area contributed by atoms with Crippen molar-refractivity contribution in [2.24, 2.45) is 0 Å². The molecule has 184 valence electrons. The van der Waals surface area contributed by atoms with Gasteiger partial charge in [-0.3, -0.25) is 4.79 Å². The summed E-state index contributed by atoms with van der Waals surface area (Å²) in [6.45, 7) is 4.28. The van der Waals surface area contributed by atoms with Crippen LogP contribution in [0, 0.1) is 11.3 Å². The van der Waals surface area contributed by atoms with Gasteiger partial charge in [-0.1, -0.05) is 49.4 Å². The smallest absolute Gasteiger partial charge is 0.406 e. The number of hydrogen-bond acceptors (Lipinski definition) is 3. The molecule has 8 heteroatoms. The Morgan fingerprint density at radius 2 is 1.78 bits per heavy atom. The summed E-state index contributed by atoms with van der Waals surface area (Å²) in [5.74, 6) is -0.396. The maximum absolute atomic E-state index is 12.7. The molecule has 1 heterocycles. The number of halogens is 3. The first-order chi connectivity index (χ1) is 17.2. The second-order valence-corrected chi connectivity index (χ2v) is 8.45. The number of fused-ring (bicyclic) bond motifs is 1. The summed E-state index contributed by atoms with van der Waals surface area (Å²) in [5, 5.41) is 13.3. The first-order valence-corrected chi connectivity index (χ1v) is 11.5. The van der Waals surface area contributed by atoms with Crippen molar-refractivity contribution in [2.75, 3.05) is 5.32 Å². The fourth-order valence-corrected chi connectivity index (χ4v) is 4.37. The molecule has 0 fully saturated rings. The minimum absolute atomic E-state index is 0.0649. The summed E-state index contributed by atoms with van der Waals surface area (Å²) in [6, 6.07) is 23.0. The topological polar surface area (TPSA) is 67.0 Å². The quantitative estimate of drug-likeness (QED) is 0.297. The number of ether oxygens (including phenoxy) is 1. The summed E-state index contributed by atoms with van der Waals surface area (Å²) in [4.78, 5) is 12.6. The number of nitrogens with zero attached hydrogens (tertiary/aromatic N) is 2. The Hall–Kier alpha value is -4.25. The molecule has 1 atom stereocenters. The molecule has 1 unspecified atom stereocenters. The number of amides is 1. The van der Waals surface area contributed by atoms with E-state index in [9.17, 15) is 23.2 Å². The first-order valence-electron chi connectivity index (χ1n) is 11.5. The van der Waals surface area contributed by atoms with E-state index in [1.165, 1.54) is 18.2 Å². The lowest BCUT2D eigenvalue weighted by Gasteiger charge is -2.13. The van der Waals surface area contributed by atoms with Crippen LogP contribution >= 0.6 is 0 Å². The molecule has 4 rings (SSSR count). The molecule has 0 saturated carbocycles. The van der Waals surface area contributed by atoms with Crippen LogP contribution in [0.3, 0.4) is 0 Å². The molecule has 0 bridgehead atoms. The number of carbonyl (C=O) groups is 1. The molecule has 0 aliphatic rings. The van der Waals surface area contributed by atoms with Gasteiger partial charge in [0, 0.05) is 30.1 Å². The van der Waals surface area contributed by atoms with Crippen LogP contribution in [0.5, 0.6) is 5.75 Å². The number of rotatable bonds is 7. The van der Waals surface area contributed by atoms with Crippen molar-refractivity contribution < 1.29 is 22.7 Å². The standard InChI is InChI=1S/C28H24F3N3O2/c1-3-34-25-16-22(36-28(29,30)31)13-14-23(25)24(17-32)27(34)20-9-11-21(12-10-20)33-26(35)15-18(2)19-7-5-4-6-8-19/h4-14,16,18H,3,15H2,1-2H3,(H,33,35). The number of nitrogens with one attached hydrogen (secondary N) is 1. The third-order valence-corrected chi connectivity index (χ3v) is 6.00. The molecule has 1 aromatic heterocycles. The fraction of sp³-hybridized carbons (Fsp3) is 0.214. The summed E-state index contributed by atoms with van der Waals surface area (Å²) in [6.07, 6.45) is -4.48. The number of benzene rings is 3. The highest BCUT2D eigenvalue weighted by Gasteiger charge is 2.31. The van der Waals surface area contributed by atoms with E-state index in [-0.39, 0.29) is 17.6 Å². The van der Waals surface area contributed by atoms with Crippen LogP contribution in [-0.4, -0.2) is 16.8 Å². The number of nitriles is 1. The van der Waals surface area contributed by atoms with Gasteiger partial charge in [-0.25, -0.2) is 0 Å². The zero-order chi connectivity index (χ0) is 25.9. The Kier molecular flexibility index (Phi) is 7.02. The van der Waals surface area contributed by atoms with E-state index in [0.717, 1.165) is 5.56 Å². The number of alkyl halides is 3. The van der Waals surface area contributed by atoms with Gasteiger partial charge in [-0.05, 0) is 48.2 Å². The van der Waals surface area contributed by atoms with E-state index in [1.54, 1.807) is 28.8 Å². The van der Waals surface area contributed by atoms with Gasteiger partial charge in [0.25, 0.3) is 0 Å². The van der Waals surface area contributed by atoms with E-state index in [2.05, 4.69) is 16.1 Å². The maximum Gasteiger partial charge on any atom is 0.573 e. The summed E-state index contributed by atoms with van der Waals surface area (Å²) in [5.41, 5.74) is 3.83. The molecule has 0 spiro atoms. The second-order valence-electron chi connectivity index (χ2n) is 8.45. The summed E-state index contributed by atoms with van der Waals surface area (Å²) in [7, 11) is 0. The minimum Gasteiger partial charge on any atom is -0.406 e. The zero-order valence-electron chi connectivity index (χ0n) is 19.8. The molecular formula is C28H24F3N3O2. The largest absolute Gasteiger partial charge is 0.573 e. The molecule has 0 saturated heterocycles. The molecule has 5 nitrogen and oxygen atoms in total. The third-order valence-electron chi connectivity index (χ3n) is 6.00. The average molecular weight is 492 g/mol. The van der Waals surface area contributed by atoms with Crippen molar-refractivity contribution in [3.63, 3.8) is 0 Å². The Morgan fingerprint density at radius 3 is 2.39 bits per heavy atom. The van der Waals surface area contributed by atoms with Crippen LogP contribution in [0.4, 0.5) is 18.9 Å². The molecule has 36 heavy (non-hydrogen) atoms. The highest BCUT2D eigenvalue weighted by Crippen LogP contribution is 2.36.